The molecular formula is C14H20FNO3S2. The molecule has 0 bridgehead atoms. The van der Waals surface area contributed by atoms with E-state index >= 15 is 0 Å². The van der Waals surface area contributed by atoms with Crippen molar-refractivity contribution in [3.63, 3.8) is 0 Å². The van der Waals surface area contributed by atoms with Crippen molar-refractivity contribution in [2.75, 3.05) is 25.5 Å². The van der Waals surface area contributed by atoms with E-state index in [1.807, 2.05) is 0 Å². The van der Waals surface area contributed by atoms with Crippen LogP contribution in [0.1, 0.15) is 18.4 Å². The Labute approximate surface area is 129 Å². The minimum absolute atomic E-state index is 0.196. The summed E-state index contributed by atoms with van der Waals surface area (Å²) in [6.45, 7) is 1.95. The molecule has 0 aromatic heterocycles. The van der Waals surface area contributed by atoms with Crippen molar-refractivity contribution in [3.8, 4) is 0 Å². The molecule has 0 saturated carbocycles. The van der Waals surface area contributed by atoms with Crippen LogP contribution in [0.2, 0.25) is 0 Å². The molecule has 0 amide bonds. The van der Waals surface area contributed by atoms with E-state index in [1.165, 1.54) is 12.1 Å². The molecular weight excluding hydrogens is 313 g/mol. The van der Waals surface area contributed by atoms with E-state index in [4.69, 9.17) is 4.74 Å². The number of thioether (sulfide) groups is 1. The maximum Gasteiger partial charge on any atom is 0.215 e. The topological polar surface area (TPSA) is 55.4 Å². The molecule has 0 unspecified atom stereocenters. The maximum absolute atomic E-state index is 13.4. The summed E-state index contributed by atoms with van der Waals surface area (Å²) in [5, 5.41) is 0.551. The number of rotatable bonds is 7. The molecule has 1 saturated heterocycles. The standard InChI is InChI=1S/C14H20FNO3S2/c15-14-4-2-1-3-12(14)11-21(17,18)16-7-10-20-13-5-8-19-9-6-13/h1-4,13,16H,5-11H2. The van der Waals surface area contributed by atoms with Gasteiger partial charge in [0.15, 0.2) is 0 Å². The van der Waals surface area contributed by atoms with Crippen molar-refractivity contribution in [1.82, 2.24) is 4.72 Å². The predicted octanol–water partition coefficient (Wildman–Crippen LogP) is 2.16. The van der Waals surface area contributed by atoms with Crippen molar-refractivity contribution in [2.45, 2.75) is 23.8 Å². The Morgan fingerprint density at radius 1 is 1.29 bits per heavy atom. The van der Waals surface area contributed by atoms with E-state index in [2.05, 4.69) is 4.72 Å². The molecule has 1 aromatic rings. The number of hydrogen-bond donors (Lipinski definition) is 1. The van der Waals surface area contributed by atoms with Gasteiger partial charge in [0.2, 0.25) is 10.0 Å². The molecule has 1 fully saturated rings. The molecule has 1 aliphatic heterocycles. The van der Waals surface area contributed by atoms with Gasteiger partial charge in [-0.15, -0.1) is 0 Å². The van der Waals surface area contributed by atoms with Gasteiger partial charge in [-0.05, 0) is 18.9 Å². The van der Waals surface area contributed by atoms with E-state index in [9.17, 15) is 12.8 Å². The number of halogens is 1. The summed E-state index contributed by atoms with van der Waals surface area (Å²) in [5.41, 5.74) is 0.196. The van der Waals surface area contributed by atoms with E-state index < -0.39 is 15.8 Å². The Kier molecular flexibility index (Phi) is 6.47. The van der Waals surface area contributed by atoms with Crippen LogP contribution in [-0.4, -0.2) is 39.2 Å². The van der Waals surface area contributed by atoms with Gasteiger partial charge in [-0.2, -0.15) is 11.8 Å². The second-order valence-electron chi connectivity index (χ2n) is 4.93. The van der Waals surface area contributed by atoms with Gasteiger partial charge in [-0.1, -0.05) is 18.2 Å². The van der Waals surface area contributed by atoms with Crippen LogP contribution in [0.25, 0.3) is 0 Å². The zero-order chi connectivity index (χ0) is 15.1. The number of hydrogen-bond acceptors (Lipinski definition) is 4. The van der Waals surface area contributed by atoms with Crippen LogP contribution in [0.5, 0.6) is 0 Å². The molecule has 7 heteroatoms. The highest BCUT2D eigenvalue weighted by molar-refractivity contribution is 8.00. The molecule has 1 aliphatic rings. The fourth-order valence-electron chi connectivity index (χ4n) is 2.14. The first kappa shape index (κ1) is 16.7. The lowest BCUT2D eigenvalue weighted by atomic mass is 10.2. The lowest BCUT2D eigenvalue weighted by molar-refractivity contribution is 0.100. The van der Waals surface area contributed by atoms with Crippen LogP contribution in [0.4, 0.5) is 4.39 Å². The third kappa shape index (κ3) is 5.94. The van der Waals surface area contributed by atoms with Gasteiger partial charge in [0, 0.05) is 36.3 Å². The zero-order valence-corrected chi connectivity index (χ0v) is 13.4. The van der Waals surface area contributed by atoms with Crippen molar-refractivity contribution in [3.05, 3.63) is 35.6 Å². The summed E-state index contributed by atoms with van der Waals surface area (Å²) in [4.78, 5) is 0. The molecule has 0 spiro atoms. The van der Waals surface area contributed by atoms with Gasteiger partial charge in [0.25, 0.3) is 0 Å². The van der Waals surface area contributed by atoms with Crippen molar-refractivity contribution in [2.24, 2.45) is 0 Å². The summed E-state index contributed by atoms with van der Waals surface area (Å²) >= 11 is 1.77. The third-order valence-electron chi connectivity index (χ3n) is 3.25. The van der Waals surface area contributed by atoms with E-state index in [-0.39, 0.29) is 11.3 Å². The fourth-order valence-corrected chi connectivity index (χ4v) is 4.50. The first-order valence-electron chi connectivity index (χ1n) is 6.97. The lowest BCUT2D eigenvalue weighted by Gasteiger charge is -2.21. The summed E-state index contributed by atoms with van der Waals surface area (Å²) in [5.74, 6) is -0.0811. The minimum Gasteiger partial charge on any atom is -0.381 e. The average Bonchev–Trinajstić information content (AvgIpc) is 2.47. The molecule has 0 radical (unpaired) electrons. The molecule has 2 rings (SSSR count). The largest absolute Gasteiger partial charge is 0.381 e. The Bertz CT molecular complexity index is 545. The highest BCUT2D eigenvalue weighted by Gasteiger charge is 2.16. The maximum atomic E-state index is 13.4. The lowest BCUT2D eigenvalue weighted by Crippen LogP contribution is -2.28. The van der Waals surface area contributed by atoms with Crippen LogP contribution in [0.15, 0.2) is 24.3 Å². The predicted molar refractivity (Wildman–Crippen MR) is 83.3 cm³/mol. The Morgan fingerprint density at radius 2 is 2.00 bits per heavy atom. The van der Waals surface area contributed by atoms with Crippen LogP contribution in [0.3, 0.4) is 0 Å². The molecule has 4 nitrogen and oxygen atoms in total. The first-order chi connectivity index (χ1) is 10.1. The van der Waals surface area contributed by atoms with Gasteiger partial charge in [-0.3, -0.25) is 0 Å². The minimum atomic E-state index is -3.49. The zero-order valence-electron chi connectivity index (χ0n) is 11.8. The van der Waals surface area contributed by atoms with Crippen molar-refractivity contribution >= 4 is 21.8 Å². The summed E-state index contributed by atoms with van der Waals surface area (Å²) in [7, 11) is -3.49. The fraction of sp³-hybridized carbons (Fsp3) is 0.571. The molecule has 0 aliphatic carbocycles. The Hall–Kier alpha value is -0.630. The van der Waals surface area contributed by atoms with Crippen LogP contribution in [0, 0.1) is 5.82 Å². The summed E-state index contributed by atoms with van der Waals surface area (Å²) < 4.78 is 45.0. The molecule has 0 atom stereocenters. The number of sulfonamides is 1. The molecule has 1 N–H and O–H groups in total. The van der Waals surface area contributed by atoms with Gasteiger partial charge in [-0.25, -0.2) is 17.5 Å². The van der Waals surface area contributed by atoms with E-state index in [1.54, 1.807) is 23.9 Å². The second kappa shape index (κ2) is 8.12. The molecule has 1 aromatic carbocycles. The van der Waals surface area contributed by atoms with E-state index in [0.717, 1.165) is 31.8 Å². The molecule has 118 valence electrons. The highest BCUT2D eigenvalue weighted by atomic mass is 32.2. The first-order valence-corrected chi connectivity index (χ1v) is 9.67. The Balaban J connectivity index is 1.72. The summed E-state index contributed by atoms with van der Waals surface area (Å²) in [6, 6.07) is 5.94. The normalized spacial score (nSPS) is 17.0. The SMILES string of the molecule is O=S(=O)(Cc1ccccc1F)NCCSC1CCOCC1. The quantitative estimate of drug-likeness (QED) is 0.777. The highest BCUT2D eigenvalue weighted by Crippen LogP contribution is 2.21. The number of benzene rings is 1. The van der Waals surface area contributed by atoms with Crippen molar-refractivity contribution in [1.29, 1.82) is 0 Å². The molecule has 1 heterocycles. The smallest absolute Gasteiger partial charge is 0.215 e. The van der Waals surface area contributed by atoms with Gasteiger partial charge in [0.1, 0.15) is 5.82 Å². The summed E-state index contributed by atoms with van der Waals surface area (Å²) in [6.07, 6.45) is 2.04. The van der Waals surface area contributed by atoms with Crippen LogP contribution >= 0.6 is 11.8 Å². The Morgan fingerprint density at radius 3 is 2.71 bits per heavy atom. The number of ether oxygens (including phenoxy) is 1. The second-order valence-corrected chi connectivity index (χ2v) is 8.14. The van der Waals surface area contributed by atoms with Crippen molar-refractivity contribution < 1.29 is 17.5 Å². The monoisotopic (exact) mass is 333 g/mol. The number of nitrogens with one attached hydrogen (secondary N) is 1. The van der Waals surface area contributed by atoms with Crippen LogP contribution in [-0.2, 0) is 20.5 Å². The van der Waals surface area contributed by atoms with Gasteiger partial charge < -0.3 is 4.74 Å². The van der Waals surface area contributed by atoms with E-state index in [0.29, 0.717) is 11.8 Å². The van der Waals surface area contributed by atoms with Crippen LogP contribution < -0.4 is 4.72 Å². The van der Waals surface area contributed by atoms with Gasteiger partial charge >= 0.3 is 0 Å². The molecule has 21 heavy (non-hydrogen) atoms. The average molecular weight is 333 g/mol. The van der Waals surface area contributed by atoms with Gasteiger partial charge in [0.05, 0.1) is 5.75 Å². The third-order valence-corrected chi connectivity index (χ3v) is 5.97.